The molecule has 1 aliphatic heterocycles. The Morgan fingerprint density at radius 2 is 1.94 bits per heavy atom. The lowest BCUT2D eigenvalue weighted by atomic mass is 10.2. The lowest BCUT2D eigenvalue weighted by Gasteiger charge is -2.32. The van der Waals surface area contributed by atoms with Crippen LogP contribution in [0.3, 0.4) is 0 Å². The van der Waals surface area contributed by atoms with Crippen LogP contribution in [0.5, 0.6) is 0 Å². The molecule has 0 fully saturated rings. The Morgan fingerprint density at radius 1 is 1.25 bits per heavy atom. The topological polar surface area (TPSA) is 41.6 Å². The largest absolute Gasteiger partial charge is 0.337 e. The predicted molar refractivity (Wildman–Crippen MR) is 66.8 cm³/mol. The first-order chi connectivity index (χ1) is 7.66. The molecule has 0 aromatic heterocycles. The summed E-state index contributed by atoms with van der Waals surface area (Å²) in [6.07, 6.45) is 1.80. The molecule has 1 unspecified atom stereocenters. The minimum absolute atomic E-state index is 0.259. The highest BCUT2D eigenvalue weighted by Crippen LogP contribution is 2.16. The minimum Gasteiger partial charge on any atom is -0.337 e. The number of nitrogens with two attached hydrogens (primary N) is 1. The van der Waals surface area contributed by atoms with Crippen molar-refractivity contribution >= 4 is 5.71 Å². The average Bonchev–Trinajstić information content (AvgIpc) is 2.25. The maximum atomic E-state index is 6.01. The van der Waals surface area contributed by atoms with Crippen LogP contribution >= 0.6 is 0 Å². The fourth-order valence-corrected chi connectivity index (χ4v) is 1.91. The number of hydrogen-bond acceptors (Lipinski definition) is 3. The summed E-state index contributed by atoms with van der Waals surface area (Å²) in [5.74, 6) is 0. The van der Waals surface area contributed by atoms with E-state index < -0.39 is 0 Å². The summed E-state index contributed by atoms with van der Waals surface area (Å²) < 4.78 is 0. The number of rotatable bonds is 2. The monoisotopic (exact) mass is 215 g/mol. The molecule has 16 heavy (non-hydrogen) atoms. The number of hydrogen-bond donors (Lipinski definition) is 1. The molecule has 0 spiro atoms. The first-order valence-electron chi connectivity index (χ1n) is 5.45. The fraction of sp³-hybridized carbons (Fsp3) is 0.308. The van der Waals surface area contributed by atoms with E-state index in [1.807, 2.05) is 25.1 Å². The number of benzene rings is 1. The number of nitrogens with zero attached hydrogens (tertiary/aromatic N) is 2. The van der Waals surface area contributed by atoms with Crippen molar-refractivity contribution in [1.82, 2.24) is 4.90 Å². The highest BCUT2D eigenvalue weighted by Gasteiger charge is 2.17. The van der Waals surface area contributed by atoms with E-state index in [1.54, 1.807) is 0 Å². The molecule has 0 aliphatic carbocycles. The lowest BCUT2D eigenvalue weighted by molar-refractivity contribution is 0.252. The van der Waals surface area contributed by atoms with E-state index in [2.05, 4.69) is 35.0 Å². The summed E-state index contributed by atoms with van der Waals surface area (Å²) >= 11 is 0. The SMILES string of the molecule is CC1=CC(C)=NC(N)N1Cc1ccccc1. The minimum atomic E-state index is -0.259. The molecule has 3 nitrogen and oxygen atoms in total. The Hall–Kier alpha value is -1.61. The van der Waals surface area contributed by atoms with Gasteiger partial charge in [-0.2, -0.15) is 0 Å². The van der Waals surface area contributed by atoms with Gasteiger partial charge in [0.25, 0.3) is 0 Å². The van der Waals surface area contributed by atoms with E-state index in [1.165, 1.54) is 11.3 Å². The molecule has 0 amide bonds. The van der Waals surface area contributed by atoms with Gasteiger partial charge in [0.05, 0.1) is 0 Å². The maximum absolute atomic E-state index is 6.01. The van der Waals surface area contributed by atoms with E-state index in [0.29, 0.717) is 0 Å². The molecule has 0 saturated carbocycles. The predicted octanol–water partition coefficient (Wildman–Crippen LogP) is 2.11. The van der Waals surface area contributed by atoms with Gasteiger partial charge in [0.15, 0.2) is 6.29 Å². The van der Waals surface area contributed by atoms with Gasteiger partial charge < -0.3 is 4.90 Å². The first kappa shape index (κ1) is 10.9. The second-order valence-corrected chi connectivity index (χ2v) is 4.08. The average molecular weight is 215 g/mol. The van der Waals surface area contributed by atoms with Gasteiger partial charge in [-0.3, -0.25) is 10.7 Å². The Bertz CT molecular complexity index is 420. The Kier molecular flexibility index (Phi) is 3.06. The van der Waals surface area contributed by atoms with Crippen molar-refractivity contribution in [2.45, 2.75) is 26.7 Å². The number of allylic oxidation sites excluding steroid dienone is 2. The second kappa shape index (κ2) is 4.49. The quantitative estimate of drug-likeness (QED) is 0.821. The molecule has 2 N–H and O–H groups in total. The third-order valence-electron chi connectivity index (χ3n) is 2.72. The molecular weight excluding hydrogens is 198 g/mol. The number of aliphatic imine (C=N–C) groups is 1. The van der Waals surface area contributed by atoms with Crippen LogP contribution in [-0.4, -0.2) is 16.9 Å². The Labute approximate surface area is 96.3 Å². The van der Waals surface area contributed by atoms with Crippen LogP contribution in [0.1, 0.15) is 19.4 Å². The van der Waals surface area contributed by atoms with Gasteiger partial charge in [-0.05, 0) is 25.5 Å². The van der Waals surface area contributed by atoms with E-state index in [0.717, 1.165) is 12.3 Å². The summed E-state index contributed by atoms with van der Waals surface area (Å²) in [5.41, 5.74) is 9.42. The molecule has 3 heteroatoms. The highest BCUT2D eigenvalue weighted by molar-refractivity contribution is 5.93. The molecule has 1 heterocycles. The van der Waals surface area contributed by atoms with Crippen LogP contribution in [0.2, 0.25) is 0 Å². The molecule has 84 valence electrons. The van der Waals surface area contributed by atoms with Crippen LogP contribution < -0.4 is 5.73 Å². The van der Waals surface area contributed by atoms with E-state index in [-0.39, 0.29) is 6.29 Å². The molecule has 1 aliphatic rings. The molecule has 0 saturated heterocycles. The van der Waals surface area contributed by atoms with Gasteiger partial charge in [0, 0.05) is 18.0 Å². The van der Waals surface area contributed by atoms with Crippen molar-refractivity contribution in [3.05, 3.63) is 47.7 Å². The van der Waals surface area contributed by atoms with Crippen LogP contribution in [0.25, 0.3) is 0 Å². The summed E-state index contributed by atoms with van der Waals surface area (Å²) in [5, 5.41) is 0. The Morgan fingerprint density at radius 3 is 2.56 bits per heavy atom. The van der Waals surface area contributed by atoms with Gasteiger partial charge in [0.2, 0.25) is 0 Å². The maximum Gasteiger partial charge on any atom is 0.174 e. The van der Waals surface area contributed by atoms with Crippen molar-refractivity contribution in [2.75, 3.05) is 0 Å². The molecule has 2 rings (SSSR count). The van der Waals surface area contributed by atoms with Crippen LogP contribution in [0.15, 0.2) is 47.1 Å². The van der Waals surface area contributed by atoms with Gasteiger partial charge >= 0.3 is 0 Å². The summed E-state index contributed by atoms with van der Waals surface area (Å²) in [7, 11) is 0. The van der Waals surface area contributed by atoms with Gasteiger partial charge in [-0.15, -0.1) is 0 Å². The summed E-state index contributed by atoms with van der Waals surface area (Å²) in [4.78, 5) is 6.45. The van der Waals surface area contributed by atoms with E-state index in [4.69, 9.17) is 5.73 Å². The van der Waals surface area contributed by atoms with Crippen LogP contribution in [0, 0.1) is 0 Å². The van der Waals surface area contributed by atoms with E-state index >= 15 is 0 Å². The highest BCUT2D eigenvalue weighted by atomic mass is 15.3. The molecular formula is C13H17N3. The van der Waals surface area contributed by atoms with Gasteiger partial charge in [0.1, 0.15) is 0 Å². The van der Waals surface area contributed by atoms with Crippen molar-refractivity contribution in [3.63, 3.8) is 0 Å². The Balaban J connectivity index is 2.15. The van der Waals surface area contributed by atoms with Crippen molar-refractivity contribution < 1.29 is 0 Å². The van der Waals surface area contributed by atoms with Crippen LogP contribution in [0.4, 0.5) is 0 Å². The zero-order chi connectivity index (χ0) is 11.5. The fourth-order valence-electron chi connectivity index (χ4n) is 1.91. The molecule has 0 bridgehead atoms. The molecule has 1 aromatic rings. The van der Waals surface area contributed by atoms with Crippen LogP contribution in [-0.2, 0) is 6.54 Å². The first-order valence-corrected chi connectivity index (χ1v) is 5.45. The third-order valence-corrected chi connectivity index (χ3v) is 2.72. The smallest absolute Gasteiger partial charge is 0.174 e. The molecule has 1 aromatic carbocycles. The summed E-state index contributed by atoms with van der Waals surface area (Å²) in [6, 6.07) is 10.3. The third kappa shape index (κ3) is 2.31. The lowest BCUT2D eigenvalue weighted by Crippen LogP contribution is -2.41. The van der Waals surface area contributed by atoms with Gasteiger partial charge in [-0.25, -0.2) is 0 Å². The van der Waals surface area contributed by atoms with Crippen molar-refractivity contribution in [3.8, 4) is 0 Å². The summed E-state index contributed by atoms with van der Waals surface area (Å²) in [6.45, 7) is 4.85. The normalized spacial score (nSPS) is 20.4. The van der Waals surface area contributed by atoms with Crippen molar-refractivity contribution in [2.24, 2.45) is 10.7 Å². The zero-order valence-corrected chi connectivity index (χ0v) is 9.72. The molecule has 1 atom stereocenters. The van der Waals surface area contributed by atoms with Crippen molar-refractivity contribution in [1.29, 1.82) is 0 Å². The standard InChI is InChI=1S/C13H17N3/c1-10-8-11(2)16(13(14)15-10)9-12-6-4-3-5-7-12/h3-8,13H,9,14H2,1-2H3. The zero-order valence-electron chi connectivity index (χ0n) is 9.72. The van der Waals surface area contributed by atoms with E-state index in [9.17, 15) is 0 Å². The molecule has 0 radical (unpaired) electrons. The van der Waals surface area contributed by atoms with Gasteiger partial charge in [-0.1, -0.05) is 30.3 Å². The second-order valence-electron chi connectivity index (χ2n) is 4.08.